The molecule has 0 N–H and O–H groups in total. The van der Waals surface area contributed by atoms with Crippen molar-refractivity contribution in [2.24, 2.45) is 0 Å². The summed E-state index contributed by atoms with van der Waals surface area (Å²) in [7, 11) is -3.42. The quantitative estimate of drug-likeness (QED) is 0.785. The van der Waals surface area contributed by atoms with Crippen LogP contribution in [0, 0.1) is 0 Å². The van der Waals surface area contributed by atoms with E-state index in [1.54, 1.807) is 6.07 Å². The topological polar surface area (TPSA) is 43.9 Å². The lowest BCUT2D eigenvalue weighted by Crippen LogP contribution is -2.31. The summed E-state index contributed by atoms with van der Waals surface area (Å²) < 4.78 is 27.3. The predicted molar refractivity (Wildman–Crippen MR) is 112 cm³/mol. The number of hydrogen-bond donors (Lipinski definition) is 0. The second kappa shape index (κ2) is 7.32. The van der Waals surface area contributed by atoms with Crippen LogP contribution in [0.1, 0.15) is 33.1 Å². The second-order valence-electron chi connectivity index (χ2n) is 7.49. The third-order valence-corrected chi connectivity index (χ3v) is 7.77. The Balaban J connectivity index is 1.71. The number of nitrogens with zero attached hydrogens (tertiary/aromatic N) is 3. The summed E-state index contributed by atoms with van der Waals surface area (Å²) in [5.41, 5.74) is 1.99. The highest BCUT2D eigenvalue weighted by atomic mass is 32.2. The van der Waals surface area contributed by atoms with Crippen molar-refractivity contribution in [3.63, 3.8) is 0 Å². The highest BCUT2D eigenvalue weighted by molar-refractivity contribution is 7.93. The molecule has 4 rings (SSSR count). The van der Waals surface area contributed by atoms with Crippen molar-refractivity contribution in [1.29, 1.82) is 0 Å². The van der Waals surface area contributed by atoms with E-state index in [0.29, 0.717) is 11.4 Å². The summed E-state index contributed by atoms with van der Waals surface area (Å²) in [5, 5.41) is 1.95. The molecule has 0 bridgehead atoms. The monoisotopic (exact) mass is 387 g/mol. The number of anilines is 2. The van der Waals surface area contributed by atoms with Gasteiger partial charge in [-0.25, -0.2) is 8.42 Å². The van der Waals surface area contributed by atoms with E-state index in [2.05, 4.69) is 28.9 Å². The van der Waals surface area contributed by atoms with E-state index in [1.165, 1.54) is 29.4 Å². The molecule has 2 aromatic rings. The average molecular weight is 388 g/mol. The van der Waals surface area contributed by atoms with E-state index in [9.17, 15) is 8.42 Å². The van der Waals surface area contributed by atoms with Gasteiger partial charge >= 0.3 is 0 Å². The fourth-order valence-corrected chi connectivity index (χ4v) is 6.16. The van der Waals surface area contributed by atoms with Gasteiger partial charge in [0.1, 0.15) is 0 Å². The fraction of sp³-hybridized carbons (Fsp3) is 0.524. The minimum atomic E-state index is -3.42. The maximum atomic E-state index is 12.9. The molecule has 0 atom stereocenters. The van der Waals surface area contributed by atoms with Crippen LogP contribution in [0.3, 0.4) is 0 Å². The molecule has 2 aromatic carbocycles. The molecule has 0 aliphatic carbocycles. The van der Waals surface area contributed by atoms with Crippen molar-refractivity contribution in [3.05, 3.63) is 30.3 Å². The third-order valence-electron chi connectivity index (χ3n) is 5.84. The van der Waals surface area contributed by atoms with E-state index < -0.39 is 10.0 Å². The van der Waals surface area contributed by atoms with Gasteiger partial charge in [-0.3, -0.25) is 4.31 Å². The van der Waals surface area contributed by atoms with Gasteiger partial charge in [0.2, 0.25) is 0 Å². The molecule has 0 amide bonds. The average Bonchev–Trinajstić information content (AvgIpc) is 2.82. The Morgan fingerprint density at radius 3 is 2.56 bits per heavy atom. The van der Waals surface area contributed by atoms with Gasteiger partial charge in [0.25, 0.3) is 10.0 Å². The van der Waals surface area contributed by atoms with Gasteiger partial charge < -0.3 is 9.80 Å². The number of rotatable bonds is 5. The summed E-state index contributed by atoms with van der Waals surface area (Å²) in [6, 6.07) is 9.82. The minimum absolute atomic E-state index is 0.457. The maximum absolute atomic E-state index is 12.9. The fourth-order valence-electron chi connectivity index (χ4n) is 4.44. The van der Waals surface area contributed by atoms with E-state index in [-0.39, 0.29) is 0 Å². The van der Waals surface area contributed by atoms with Crippen molar-refractivity contribution >= 4 is 32.2 Å². The van der Waals surface area contributed by atoms with E-state index >= 15 is 0 Å². The predicted octanol–water partition coefficient (Wildman–Crippen LogP) is 3.68. The van der Waals surface area contributed by atoms with Gasteiger partial charge in [-0.2, -0.15) is 0 Å². The smallest absolute Gasteiger partial charge is 0.265 e. The lowest BCUT2D eigenvalue weighted by Gasteiger charge is -2.25. The molecule has 146 valence electrons. The summed E-state index contributed by atoms with van der Waals surface area (Å²) in [6.45, 7) is 10.0. The molecule has 2 heterocycles. The van der Waals surface area contributed by atoms with Crippen LogP contribution >= 0.6 is 0 Å². The van der Waals surface area contributed by atoms with Crippen LogP contribution < -0.4 is 9.21 Å². The first-order chi connectivity index (χ1) is 13.1. The molecule has 6 heteroatoms. The van der Waals surface area contributed by atoms with Crippen molar-refractivity contribution < 1.29 is 8.42 Å². The molecular weight excluding hydrogens is 358 g/mol. The van der Waals surface area contributed by atoms with Crippen molar-refractivity contribution in [1.82, 2.24) is 4.90 Å². The highest BCUT2D eigenvalue weighted by Gasteiger charge is 2.35. The van der Waals surface area contributed by atoms with Gasteiger partial charge in [0, 0.05) is 42.6 Å². The van der Waals surface area contributed by atoms with Gasteiger partial charge in [-0.15, -0.1) is 0 Å². The molecule has 0 spiro atoms. The lowest BCUT2D eigenvalue weighted by molar-refractivity contribution is 0.289. The zero-order chi connectivity index (χ0) is 19.0. The summed E-state index contributed by atoms with van der Waals surface area (Å²) >= 11 is 0. The molecule has 0 radical (unpaired) electrons. The molecule has 0 aromatic heterocycles. The lowest BCUT2D eigenvalue weighted by atomic mass is 10.1. The molecule has 1 fully saturated rings. The molecule has 0 unspecified atom stereocenters. The summed E-state index contributed by atoms with van der Waals surface area (Å²) in [5.74, 6) is 0. The SMILES string of the molecule is CCCCN1CCCN(c2ccc3c4c(cccc24)S(=O)(=O)N3CC)CC1. The van der Waals surface area contributed by atoms with E-state index in [4.69, 9.17) is 0 Å². The number of hydrogen-bond acceptors (Lipinski definition) is 4. The maximum Gasteiger partial charge on any atom is 0.265 e. The highest BCUT2D eigenvalue weighted by Crippen LogP contribution is 2.45. The van der Waals surface area contributed by atoms with Crippen LogP contribution in [0.25, 0.3) is 10.8 Å². The molecular formula is C21H29N3O2S. The van der Waals surface area contributed by atoms with Crippen LogP contribution in [0.5, 0.6) is 0 Å². The van der Waals surface area contributed by atoms with E-state index in [0.717, 1.165) is 49.1 Å². The first-order valence-electron chi connectivity index (χ1n) is 10.1. The van der Waals surface area contributed by atoms with Crippen LogP contribution in [0.15, 0.2) is 35.2 Å². The van der Waals surface area contributed by atoms with Gasteiger partial charge in [0.05, 0.1) is 10.6 Å². The Hall–Kier alpha value is -1.79. The van der Waals surface area contributed by atoms with Gasteiger partial charge in [-0.05, 0) is 51.1 Å². The Kier molecular flexibility index (Phi) is 5.03. The minimum Gasteiger partial charge on any atom is -0.370 e. The Labute approximate surface area is 162 Å². The molecule has 2 aliphatic heterocycles. The molecule has 27 heavy (non-hydrogen) atoms. The normalized spacial score (nSPS) is 19.6. The van der Waals surface area contributed by atoms with Crippen molar-refractivity contribution in [3.8, 4) is 0 Å². The van der Waals surface area contributed by atoms with Crippen molar-refractivity contribution in [2.45, 2.75) is 38.0 Å². The van der Waals surface area contributed by atoms with Crippen molar-refractivity contribution in [2.75, 3.05) is 48.5 Å². The van der Waals surface area contributed by atoms with E-state index in [1.807, 2.05) is 19.1 Å². The molecule has 5 nitrogen and oxygen atoms in total. The Morgan fingerprint density at radius 1 is 0.963 bits per heavy atom. The first-order valence-corrected chi connectivity index (χ1v) is 11.6. The largest absolute Gasteiger partial charge is 0.370 e. The standard InChI is InChI=1S/C21H29N3O2S/c1-3-5-12-22-13-7-14-23(16-15-22)18-10-11-19-21-17(18)8-6-9-20(21)27(25,26)24(19)4-2/h6,8-11H,3-5,7,12-16H2,1-2H3. The molecule has 0 saturated carbocycles. The third kappa shape index (κ3) is 3.09. The molecule has 1 saturated heterocycles. The van der Waals surface area contributed by atoms with Gasteiger partial charge in [-0.1, -0.05) is 25.5 Å². The van der Waals surface area contributed by atoms with Crippen LogP contribution in [0.2, 0.25) is 0 Å². The first kappa shape index (κ1) is 18.6. The second-order valence-corrected chi connectivity index (χ2v) is 9.32. The molecule has 2 aliphatic rings. The van der Waals surface area contributed by atoms with Crippen LogP contribution in [0.4, 0.5) is 11.4 Å². The number of benzene rings is 2. The summed E-state index contributed by atoms with van der Waals surface area (Å²) in [6.07, 6.45) is 3.63. The van der Waals surface area contributed by atoms with Gasteiger partial charge in [0.15, 0.2) is 0 Å². The van der Waals surface area contributed by atoms with Crippen LogP contribution in [-0.4, -0.2) is 52.6 Å². The Morgan fingerprint density at radius 2 is 1.78 bits per heavy atom. The number of unbranched alkanes of at least 4 members (excludes halogenated alkanes) is 1. The zero-order valence-corrected chi connectivity index (χ0v) is 17.1. The van der Waals surface area contributed by atoms with Crippen LogP contribution in [-0.2, 0) is 10.0 Å². The Bertz CT molecular complexity index is 942. The summed E-state index contributed by atoms with van der Waals surface area (Å²) in [4.78, 5) is 5.46. The zero-order valence-electron chi connectivity index (χ0n) is 16.3. The number of sulfonamides is 1.